The van der Waals surface area contributed by atoms with E-state index < -0.39 is 5.97 Å². The molecule has 1 heterocycles. The van der Waals surface area contributed by atoms with Gasteiger partial charge in [0, 0.05) is 12.7 Å². The van der Waals surface area contributed by atoms with Crippen molar-refractivity contribution in [2.75, 3.05) is 11.9 Å². The number of aromatic nitrogens is 1. The fourth-order valence-electron chi connectivity index (χ4n) is 1.33. The van der Waals surface area contributed by atoms with E-state index in [0.717, 1.165) is 0 Å². The molecule has 0 bridgehead atoms. The molecule has 6 nitrogen and oxygen atoms in total. The Kier molecular flexibility index (Phi) is 4.59. The number of amides is 1. The van der Waals surface area contributed by atoms with Crippen LogP contribution in [0.3, 0.4) is 0 Å². The molecule has 0 aromatic carbocycles. The molecule has 0 radical (unpaired) electrons. The number of nitrogens with one attached hydrogen (secondary N) is 1. The van der Waals surface area contributed by atoms with Gasteiger partial charge in [0.05, 0.1) is 23.4 Å². The van der Waals surface area contributed by atoms with E-state index in [4.69, 9.17) is 10.8 Å². The molecule has 0 aliphatic heterocycles. The van der Waals surface area contributed by atoms with Gasteiger partial charge in [-0.15, -0.1) is 0 Å². The standard InChI is InChI=1S/C11H15N3O3/c1-2-7(4-12)10(15)14-9-3-8(11(16)17)5-13-6-9/h3,5-7H,2,4,12H2,1H3,(H,14,15)(H,16,17). The van der Waals surface area contributed by atoms with Crippen LogP contribution in [0.4, 0.5) is 5.69 Å². The number of nitrogens with zero attached hydrogens (tertiary/aromatic N) is 1. The van der Waals surface area contributed by atoms with Crippen molar-refractivity contribution in [2.24, 2.45) is 11.7 Å². The highest BCUT2D eigenvalue weighted by atomic mass is 16.4. The smallest absolute Gasteiger partial charge is 0.337 e. The molecule has 1 atom stereocenters. The van der Waals surface area contributed by atoms with E-state index in [9.17, 15) is 9.59 Å². The summed E-state index contributed by atoms with van der Waals surface area (Å²) in [6.07, 6.45) is 3.25. The number of hydrogen-bond acceptors (Lipinski definition) is 4. The second-order valence-electron chi connectivity index (χ2n) is 3.60. The fourth-order valence-corrected chi connectivity index (χ4v) is 1.33. The van der Waals surface area contributed by atoms with Gasteiger partial charge in [0.1, 0.15) is 0 Å². The Morgan fingerprint density at radius 2 is 2.24 bits per heavy atom. The monoisotopic (exact) mass is 237 g/mol. The Labute approximate surface area is 98.8 Å². The minimum atomic E-state index is -1.08. The first-order chi connectivity index (χ1) is 8.08. The second kappa shape index (κ2) is 5.95. The summed E-state index contributed by atoms with van der Waals surface area (Å²) in [6, 6.07) is 1.36. The maximum Gasteiger partial charge on any atom is 0.337 e. The number of nitrogens with two attached hydrogens (primary N) is 1. The Bertz CT molecular complexity index is 416. The minimum Gasteiger partial charge on any atom is -0.478 e. The molecular formula is C11H15N3O3. The van der Waals surface area contributed by atoms with Crippen LogP contribution in [0.5, 0.6) is 0 Å². The van der Waals surface area contributed by atoms with E-state index in [2.05, 4.69) is 10.3 Å². The molecule has 0 saturated heterocycles. The van der Waals surface area contributed by atoms with Gasteiger partial charge in [0.15, 0.2) is 0 Å². The summed E-state index contributed by atoms with van der Waals surface area (Å²) in [5, 5.41) is 11.4. The highest BCUT2D eigenvalue weighted by Gasteiger charge is 2.15. The Morgan fingerprint density at radius 1 is 1.53 bits per heavy atom. The quantitative estimate of drug-likeness (QED) is 0.699. The average Bonchev–Trinajstić information content (AvgIpc) is 2.30. The van der Waals surface area contributed by atoms with Crippen molar-refractivity contribution < 1.29 is 14.7 Å². The van der Waals surface area contributed by atoms with E-state index in [1.807, 2.05) is 6.92 Å². The van der Waals surface area contributed by atoms with Gasteiger partial charge in [-0.3, -0.25) is 9.78 Å². The molecule has 0 aliphatic carbocycles. The first-order valence-corrected chi connectivity index (χ1v) is 5.27. The normalized spacial score (nSPS) is 11.9. The zero-order chi connectivity index (χ0) is 12.8. The van der Waals surface area contributed by atoms with Crippen LogP contribution in [0.2, 0.25) is 0 Å². The molecule has 0 fully saturated rings. The number of pyridine rings is 1. The molecule has 1 rings (SSSR count). The van der Waals surface area contributed by atoms with Crippen LogP contribution in [-0.2, 0) is 4.79 Å². The molecule has 1 amide bonds. The molecule has 4 N–H and O–H groups in total. The minimum absolute atomic E-state index is 0.0311. The molecule has 1 aromatic rings. The van der Waals surface area contributed by atoms with Gasteiger partial charge in [0.2, 0.25) is 5.91 Å². The maximum atomic E-state index is 11.7. The maximum absolute atomic E-state index is 11.7. The van der Waals surface area contributed by atoms with E-state index in [0.29, 0.717) is 12.1 Å². The van der Waals surface area contributed by atoms with E-state index >= 15 is 0 Å². The summed E-state index contributed by atoms with van der Waals surface area (Å²) in [5.41, 5.74) is 5.84. The first-order valence-electron chi connectivity index (χ1n) is 5.27. The molecule has 1 aromatic heterocycles. The lowest BCUT2D eigenvalue weighted by Gasteiger charge is -2.12. The molecule has 6 heteroatoms. The number of rotatable bonds is 5. The predicted molar refractivity (Wildman–Crippen MR) is 62.7 cm³/mol. The van der Waals surface area contributed by atoms with Crippen molar-refractivity contribution in [3.05, 3.63) is 24.0 Å². The number of aromatic carboxylic acids is 1. The van der Waals surface area contributed by atoms with Crippen molar-refractivity contribution in [1.82, 2.24) is 4.98 Å². The SMILES string of the molecule is CCC(CN)C(=O)Nc1cncc(C(=O)O)c1. The van der Waals surface area contributed by atoms with Gasteiger partial charge in [-0.25, -0.2) is 4.79 Å². The van der Waals surface area contributed by atoms with Gasteiger partial charge >= 0.3 is 5.97 Å². The summed E-state index contributed by atoms with van der Waals surface area (Å²) in [5.74, 6) is -1.58. The van der Waals surface area contributed by atoms with Crippen molar-refractivity contribution in [1.29, 1.82) is 0 Å². The number of carbonyl (C=O) groups is 2. The van der Waals surface area contributed by atoms with Crippen LogP contribution >= 0.6 is 0 Å². The van der Waals surface area contributed by atoms with Gasteiger partial charge in [-0.2, -0.15) is 0 Å². The third-order valence-electron chi connectivity index (χ3n) is 2.40. The van der Waals surface area contributed by atoms with Gasteiger partial charge in [-0.1, -0.05) is 6.92 Å². The lowest BCUT2D eigenvalue weighted by Crippen LogP contribution is -2.28. The van der Waals surface area contributed by atoms with Crippen LogP contribution in [-0.4, -0.2) is 28.5 Å². The second-order valence-corrected chi connectivity index (χ2v) is 3.60. The summed E-state index contributed by atoms with van der Waals surface area (Å²) in [4.78, 5) is 26.1. The third-order valence-corrected chi connectivity index (χ3v) is 2.40. The average molecular weight is 237 g/mol. The van der Waals surface area contributed by atoms with Crippen molar-refractivity contribution in [2.45, 2.75) is 13.3 Å². The van der Waals surface area contributed by atoms with Crippen molar-refractivity contribution >= 4 is 17.6 Å². The largest absolute Gasteiger partial charge is 0.478 e. The fraction of sp³-hybridized carbons (Fsp3) is 0.364. The molecule has 1 unspecified atom stereocenters. The van der Waals surface area contributed by atoms with Crippen LogP contribution in [0.25, 0.3) is 0 Å². The zero-order valence-corrected chi connectivity index (χ0v) is 9.51. The van der Waals surface area contributed by atoms with Gasteiger partial charge in [-0.05, 0) is 12.5 Å². The zero-order valence-electron chi connectivity index (χ0n) is 9.51. The summed E-state index contributed by atoms with van der Waals surface area (Å²) < 4.78 is 0. The number of carboxylic acids is 1. The Balaban J connectivity index is 2.78. The van der Waals surface area contributed by atoms with E-state index in [1.54, 1.807) is 0 Å². The number of anilines is 1. The lowest BCUT2D eigenvalue weighted by molar-refractivity contribution is -0.119. The number of carboxylic acid groups (broad SMARTS) is 1. The molecule has 92 valence electrons. The van der Waals surface area contributed by atoms with Gasteiger partial charge < -0.3 is 16.2 Å². The molecule has 0 spiro atoms. The van der Waals surface area contributed by atoms with Crippen molar-refractivity contribution in [3.63, 3.8) is 0 Å². The third kappa shape index (κ3) is 3.53. The van der Waals surface area contributed by atoms with Crippen LogP contribution < -0.4 is 11.1 Å². The van der Waals surface area contributed by atoms with Crippen LogP contribution in [0.15, 0.2) is 18.5 Å². The molecule has 0 aliphatic rings. The Morgan fingerprint density at radius 3 is 2.76 bits per heavy atom. The van der Waals surface area contributed by atoms with E-state index in [1.165, 1.54) is 18.5 Å². The number of hydrogen-bond donors (Lipinski definition) is 3. The predicted octanol–water partition coefficient (Wildman–Crippen LogP) is 0.703. The molecule has 0 saturated carbocycles. The Hall–Kier alpha value is -1.95. The summed E-state index contributed by atoms with van der Waals surface area (Å²) in [6.45, 7) is 2.12. The highest BCUT2D eigenvalue weighted by Crippen LogP contribution is 2.11. The van der Waals surface area contributed by atoms with Crippen LogP contribution in [0, 0.1) is 5.92 Å². The number of carbonyl (C=O) groups excluding carboxylic acids is 1. The summed E-state index contributed by atoms with van der Waals surface area (Å²) >= 11 is 0. The van der Waals surface area contributed by atoms with Crippen molar-refractivity contribution in [3.8, 4) is 0 Å². The van der Waals surface area contributed by atoms with Crippen LogP contribution in [0.1, 0.15) is 23.7 Å². The first kappa shape index (κ1) is 13.1. The molecule has 17 heavy (non-hydrogen) atoms. The van der Waals surface area contributed by atoms with Gasteiger partial charge in [0.25, 0.3) is 0 Å². The highest BCUT2D eigenvalue weighted by molar-refractivity contribution is 5.94. The van der Waals surface area contributed by atoms with E-state index in [-0.39, 0.29) is 23.9 Å². The topological polar surface area (TPSA) is 105 Å². The lowest BCUT2D eigenvalue weighted by atomic mass is 10.1. The summed E-state index contributed by atoms with van der Waals surface area (Å²) in [7, 11) is 0. The molecular weight excluding hydrogens is 222 g/mol.